The van der Waals surface area contributed by atoms with Crippen molar-refractivity contribution in [3.05, 3.63) is 72.2 Å². The van der Waals surface area contributed by atoms with Crippen LogP contribution in [-0.4, -0.2) is 5.91 Å². The summed E-state index contributed by atoms with van der Waals surface area (Å²) in [7, 11) is 0. The van der Waals surface area contributed by atoms with Crippen LogP contribution in [0, 0.1) is 32.0 Å². The molecule has 1 aliphatic heterocycles. The van der Waals surface area contributed by atoms with E-state index in [9.17, 15) is 14.4 Å². The first-order chi connectivity index (χ1) is 16.2. The minimum absolute atomic E-state index is 0.0552. The van der Waals surface area contributed by atoms with Crippen LogP contribution < -0.4 is 26.8 Å². The van der Waals surface area contributed by atoms with Crippen molar-refractivity contribution >= 4 is 23.0 Å². The topological polar surface area (TPSA) is 100 Å². The first-order valence-electron chi connectivity index (χ1n) is 11.8. The highest BCUT2D eigenvalue weighted by atomic mass is 19.1. The molecule has 3 N–H and O–H groups in total. The summed E-state index contributed by atoms with van der Waals surface area (Å²) in [6, 6.07) is 2.83. The summed E-state index contributed by atoms with van der Waals surface area (Å²) in [5.41, 5.74) is -0.197. The molecule has 186 valence electrons. The zero-order valence-electron chi connectivity index (χ0n) is 21.5. The third-order valence-electron chi connectivity index (χ3n) is 7.37. The van der Waals surface area contributed by atoms with Crippen molar-refractivity contribution in [2.45, 2.75) is 73.4 Å². The Balaban J connectivity index is 1.79. The van der Waals surface area contributed by atoms with E-state index in [0.717, 1.165) is 17.7 Å². The third kappa shape index (κ3) is 3.85. The predicted molar refractivity (Wildman–Crippen MR) is 135 cm³/mol. The van der Waals surface area contributed by atoms with E-state index in [2.05, 4.69) is 16.0 Å². The second-order valence-corrected chi connectivity index (χ2v) is 10.7. The van der Waals surface area contributed by atoms with Crippen molar-refractivity contribution < 1.29 is 13.6 Å². The van der Waals surface area contributed by atoms with Crippen LogP contribution in [0.3, 0.4) is 0 Å². The third-order valence-corrected chi connectivity index (χ3v) is 7.37. The van der Waals surface area contributed by atoms with Gasteiger partial charge in [0.25, 0.3) is 16.8 Å². The van der Waals surface area contributed by atoms with Gasteiger partial charge in [0.2, 0.25) is 0 Å². The molecule has 0 aliphatic carbocycles. The van der Waals surface area contributed by atoms with Crippen molar-refractivity contribution in [1.82, 2.24) is 5.32 Å². The monoisotopic (exact) mass is 481 g/mol. The highest BCUT2D eigenvalue weighted by Crippen LogP contribution is 2.43. The molecule has 0 fully saturated rings. The minimum Gasteiger partial charge on any atom is -0.464 e. The molecule has 0 unspecified atom stereocenters. The fourth-order valence-corrected chi connectivity index (χ4v) is 4.86. The molecule has 1 atom stereocenters. The van der Waals surface area contributed by atoms with Gasteiger partial charge in [0, 0.05) is 0 Å². The molecule has 8 heteroatoms. The van der Waals surface area contributed by atoms with Crippen molar-refractivity contribution in [3.63, 3.8) is 0 Å². The Kier molecular flexibility index (Phi) is 5.69. The van der Waals surface area contributed by atoms with E-state index in [1.165, 1.54) is 6.07 Å². The zero-order valence-corrected chi connectivity index (χ0v) is 21.5. The van der Waals surface area contributed by atoms with Gasteiger partial charge in [-0.1, -0.05) is 20.8 Å². The van der Waals surface area contributed by atoms with Crippen molar-refractivity contribution in [2.24, 2.45) is 5.41 Å². The molecule has 2 aromatic carbocycles. The summed E-state index contributed by atoms with van der Waals surface area (Å²) < 4.78 is 21.1. The number of anilines is 3. The standard InChI is InChI=1S/C27H32FN3O4/c1-9-26(5,6)24(16-11-12(2)14(4)35-16)30-21-20(22(32)23(21)33)29-19-15(28)10-13(3)18-17(19)25(34)31-27(18,7)8/h10-11,24,29-30H,9H2,1-8H3,(H,31,34)/t24-/m0/s1. The van der Waals surface area contributed by atoms with Crippen LogP contribution in [0.2, 0.25) is 0 Å². The number of rotatable bonds is 7. The highest BCUT2D eigenvalue weighted by Gasteiger charge is 2.41. The van der Waals surface area contributed by atoms with Crippen LogP contribution in [0.1, 0.15) is 85.7 Å². The molecule has 0 bridgehead atoms. The van der Waals surface area contributed by atoms with Crippen molar-refractivity contribution in [2.75, 3.05) is 10.6 Å². The van der Waals surface area contributed by atoms with Gasteiger partial charge in [-0.2, -0.15) is 0 Å². The first kappa shape index (κ1) is 24.7. The summed E-state index contributed by atoms with van der Waals surface area (Å²) in [5.74, 6) is 0.313. The molecule has 2 heterocycles. The van der Waals surface area contributed by atoms with E-state index in [-0.39, 0.29) is 28.0 Å². The van der Waals surface area contributed by atoms with Gasteiger partial charge in [-0.05, 0) is 75.3 Å². The fourth-order valence-electron chi connectivity index (χ4n) is 4.86. The predicted octanol–water partition coefficient (Wildman–Crippen LogP) is 5.25. The lowest BCUT2D eigenvalue weighted by Crippen LogP contribution is -2.40. The Morgan fingerprint density at radius 1 is 1.03 bits per heavy atom. The largest absolute Gasteiger partial charge is 0.464 e. The van der Waals surface area contributed by atoms with Gasteiger partial charge in [-0.15, -0.1) is 0 Å². The maximum Gasteiger partial charge on any atom is 0.254 e. The van der Waals surface area contributed by atoms with Crippen molar-refractivity contribution in [3.8, 4) is 0 Å². The Morgan fingerprint density at radius 2 is 1.66 bits per heavy atom. The van der Waals surface area contributed by atoms with Crippen LogP contribution >= 0.6 is 0 Å². The van der Waals surface area contributed by atoms with Gasteiger partial charge >= 0.3 is 0 Å². The Labute approximate surface area is 203 Å². The number of hydrogen-bond donors (Lipinski definition) is 3. The van der Waals surface area contributed by atoms with Crippen LogP contribution in [0.25, 0.3) is 0 Å². The molecule has 1 aromatic heterocycles. The molecule has 0 spiro atoms. The van der Waals surface area contributed by atoms with Gasteiger partial charge in [0.1, 0.15) is 28.7 Å². The molecule has 0 saturated heterocycles. The van der Waals surface area contributed by atoms with Crippen LogP contribution in [-0.2, 0) is 5.54 Å². The molecular weight excluding hydrogens is 449 g/mol. The lowest BCUT2D eigenvalue weighted by Gasteiger charge is -2.34. The van der Waals surface area contributed by atoms with Gasteiger partial charge in [-0.25, -0.2) is 4.39 Å². The highest BCUT2D eigenvalue weighted by molar-refractivity contribution is 6.06. The number of nitrogens with one attached hydrogen (secondary N) is 3. The van der Waals surface area contributed by atoms with E-state index in [1.54, 1.807) is 6.92 Å². The fraction of sp³-hybridized carbons (Fsp3) is 0.444. The number of aryl methyl sites for hydroxylation is 3. The SMILES string of the molecule is CCC(C)(C)[C@@H](Nc1c(Nc2c(F)cc(C)c3c2C(=O)NC3(C)C)c(=O)c1=O)c1cc(C)c(C)o1. The molecule has 0 radical (unpaired) electrons. The lowest BCUT2D eigenvalue weighted by molar-refractivity contribution is 0.0940. The number of carbonyl (C=O) groups excluding carboxylic acids is 1. The summed E-state index contributed by atoms with van der Waals surface area (Å²) in [6.45, 7) is 15.3. The summed E-state index contributed by atoms with van der Waals surface area (Å²) in [5, 5.41) is 8.86. The summed E-state index contributed by atoms with van der Waals surface area (Å²) >= 11 is 0. The van der Waals surface area contributed by atoms with E-state index >= 15 is 4.39 Å². The van der Waals surface area contributed by atoms with Gasteiger partial charge in [0.05, 0.1) is 22.8 Å². The number of halogens is 1. The molecule has 3 aromatic rings. The Hall–Kier alpha value is -3.42. The molecule has 1 aliphatic rings. The number of carbonyl (C=O) groups is 1. The van der Waals surface area contributed by atoms with Crippen molar-refractivity contribution in [1.29, 1.82) is 0 Å². The quantitative estimate of drug-likeness (QED) is 0.399. The van der Waals surface area contributed by atoms with Crippen LogP contribution in [0.4, 0.5) is 21.5 Å². The first-order valence-corrected chi connectivity index (χ1v) is 11.8. The second-order valence-electron chi connectivity index (χ2n) is 10.7. The van der Waals surface area contributed by atoms with E-state index in [0.29, 0.717) is 16.9 Å². The average Bonchev–Trinajstić information content (AvgIpc) is 3.22. The van der Waals surface area contributed by atoms with Crippen LogP contribution in [0.5, 0.6) is 0 Å². The van der Waals surface area contributed by atoms with E-state index in [1.807, 2.05) is 54.5 Å². The lowest BCUT2D eigenvalue weighted by atomic mass is 9.80. The van der Waals surface area contributed by atoms with Gasteiger partial charge < -0.3 is 20.4 Å². The molecule has 4 rings (SSSR count). The molecule has 35 heavy (non-hydrogen) atoms. The van der Waals surface area contributed by atoms with Gasteiger partial charge in [-0.3, -0.25) is 14.4 Å². The molecule has 0 saturated carbocycles. The van der Waals surface area contributed by atoms with Crippen LogP contribution in [0.15, 0.2) is 26.1 Å². The number of amides is 1. The van der Waals surface area contributed by atoms with E-state index in [4.69, 9.17) is 4.42 Å². The zero-order chi connectivity index (χ0) is 26.0. The molecular formula is C27H32FN3O4. The maximum absolute atomic E-state index is 15.1. The normalized spacial score (nSPS) is 15.7. The maximum atomic E-state index is 15.1. The Morgan fingerprint density at radius 3 is 2.23 bits per heavy atom. The summed E-state index contributed by atoms with van der Waals surface area (Å²) in [6.07, 6.45) is 0.761. The number of hydrogen-bond acceptors (Lipinski definition) is 6. The number of benzene rings is 1. The minimum atomic E-state index is -0.765. The average molecular weight is 482 g/mol. The molecule has 7 nitrogen and oxygen atoms in total. The number of furan rings is 1. The van der Waals surface area contributed by atoms with E-state index < -0.39 is 34.2 Å². The Bertz CT molecular complexity index is 1400. The molecule has 1 amide bonds. The van der Waals surface area contributed by atoms with Gasteiger partial charge in [0.15, 0.2) is 0 Å². The number of fused-ring (bicyclic) bond motifs is 1. The second kappa shape index (κ2) is 8.07. The summed E-state index contributed by atoms with van der Waals surface area (Å²) in [4.78, 5) is 38.0. The smallest absolute Gasteiger partial charge is 0.254 e.